The molecule has 3 heterocycles. The number of carboxylic acid groups (broad SMARTS) is 1. The van der Waals surface area contributed by atoms with Gasteiger partial charge in [0.1, 0.15) is 10.3 Å². The van der Waals surface area contributed by atoms with Crippen LogP contribution in [0, 0.1) is 5.92 Å². The van der Waals surface area contributed by atoms with Crippen molar-refractivity contribution in [2.24, 2.45) is 5.92 Å². The van der Waals surface area contributed by atoms with Crippen LogP contribution in [0.5, 0.6) is 0 Å². The van der Waals surface area contributed by atoms with Crippen LogP contribution in [0.1, 0.15) is 29.5 Å². The van der Waals surface area contributed by atoms with E-state index in [4.69, 9.17) is 0 Å². The van der Waals surface area contributed by atoms with Crippen molar-refractivity contribution in [1.82, 2.24) is 14.5 Å². The van der Waals surface area contributed by atoms with E-state index in [0.717, 1.165) is 23.3 Å². The average molecular weight is 597 g/mol. The summed E-state index contributed by atoms with van der Waals surface area (Å²) < 4.78 is 27.3. The highest BCUT2D eigenvalue weighted by Gasteiger charge is 2.35. The third-order valence-electron chi connectivity index (χ3n) is 7.52. The Kier molecular flexibility index (Phi) is 8.71. The predicted octanol–water partition coefficient (Wildman–Crippen LogP) is 3.55. The molecule has 1 fully saturated rings. The number of piperidine rings is 1. The molecule has 0 spiro atoms. The van der Waals surface area contributed by atoms with Crippen LogP contribution in [0.3, 0.4) is 0 Å². The molecule has 1 unspecified atom stereocenters. The normalized spacial score (nSPS) is 18.2. The molecule has 12 heteroatoms. The lowest BCUT2D eigenvalue weighted by Gasteiger charge is -2.31. The molecule has 5 rings (SSSR count). The number of nitrogens with zero attached hydrogens (tertiary/aromatic N) is 2. The minimum Gasteiger partial charge on any atom is -0.480 e. The van der Waals surface area contributed by atoms with Gasteiger partial charge in [0.25, 0.3) is 10.0 Å². The van der Waals surface area contributed by atoms with Crippen LogP contribution < -0.4 is 10.6 Å². The van der Waals surface area contributed by atoms with Crippen molar-refractivity contribution >= 4 is 45.0 Å². The van der Waals surface area contributed by atoms with Gasteiger partial charge in [0.2, 0.25) is 5.91 Å². The Hall–Kier alpha value is -3.74. The first kappa shape index (κ1) is 28.8. The molecule has 41 heavy (non-hydrogen) atoms. The molecule has 1 aromatic heterocycles. The molecule has 0 radical (unpaired) electrons. The van der Waals surface area contributed by atoms with E-state index >= 15 is 0 Å². The predicted molar refractivity (Wildman–Crippen MR) is 155 cm³/mol. The zero-order chi connectivity index (χ0) is 29.0. The quantitative estimate of drug-likeness (QED) is 0.364. The summed E-state index contributed by atoms with van der Waals surface area (Å²) in [5.74, 6) is -2.30. The molecular formula is C29H32N4O6S2. The summed E-state index contributed by atoms with van der Waals surface area (Å²) in [6.07, 6.45) is 1.83. The lowest BCUT2D eigenvalue weighted by Crippen LogP contribution is -2.49. The van der Waals surface area contributed by atoms with Gasteiger partial charge in [0, 0.05) is 38.3 Å². The third-order valence-corrected chi connectivity index (χ3v) is 10.8. The van der Waals surface area contributed by atoms with Crippen LogP contribution >= 0.6 is 11.3 Å². The van der Waals surface area contributed by atoms with Crippen LogP contribution in [-0.4, -0.2) is 66.3 Å². The minimum atomic E-state index is -3.69. The van der Waals surface area contributed by atoms with E-state index in [1.165, 1.54) is 15.9 Å². The number of carbonyl (C=O) groups is 3. The number of amides is 3. The Balaban J connectivity index is 1.16. The fraction of sp³-hybridized carbons (Fsp3) is 0.345. The van der Waals surface area contributed by atoms with Gasteiger partial charge in [-0.2, -0.15) is 4.31 Å². The maximum atomic E-state index is 13.0. The number of anilines is 1. The Bertz CT molecular complexity index is 1510. The second-order valence-electron chi connectivity index (χ2n) is 10.3. The number of thiophene rings is 1. The highest BCUT2D eigenvalue weighted by atomic mass is 32.2. The van der Waals surface area contributed by atoms with Crippen molar-refractivity contribution in [2.75, 3.05) is 25.0 Å². The summed E-state index contributed by atoms with van der Waals surface area (Å²) in [6.45, 7) is 1.49. The molecule has 3 N–H and O–H groups in total. The first-order valence-electron chi connectivity index (χ1n) is 13.5. The number of urea groups is 1. The number of benzene rings is 2. The fourth-order valence-electron chi connectivity index (χ4n) is 5.23. The van der Waals surface area contributed by atoms with Gasteiger partial charge in [-0.25, -0.2) is 18.0 Å². The number of fused-ring (bicyclic) bond motifs is 1. The second-order valence-corrected chi connectivity index (χ2v) is 13.4. The molecule has 1 saturated heterocycles. The summed E-state index contributed by atoms with van der Waals surface area (Å²) in [6, 6.07) is 16.7. The van der Waals surface area contributed by atoms with E-state index in [0.29, 0.717) is 43.7 Å². The topological polar surface area (TPSA) is 136 Å². The molecule has 2 aliphatic rings. The van der Waals surface area contributed by atoms with Gasteiger partial charge in [0.05, 0.1) is 5.92 Å². The molecule has 0 bridgehead atoms. The van der Waals surface area contributed by atoms with Gasteiger partial charge >= 0.3 is 12.0 Å². The summed E-state index contributed by atoms with van der Waals surface area (Å²) in [5, 5.41) is 17.0. The maximum absolute atomic E-state index is 13.0. The number of rotatable bonds is 8. The van der Waals surface area contributed by atoms with Crippen molar-refractivity contribution in [2.45, 2.75) is 42.5 Å². The third kappa shape index (κ3) is 6.77. The molecule has 0 aliphatic carbocycles. The maximum Gasteiger partial charge on any atom is 0.326 e. The smallest absolute Gasteiger partial charge is 0.326 e. The molecule has 216 valence electrons. The number of hydrogen-bond acceptors (Lipinski definition) is 6. The van der Waals surface area contributed by atoms with Crippen molar-refractivity contribution in [1.29, 1.82) is 0 Å². The van der Waals surface area contributed by atoms with Gasteiger partial charge in [-0.1, -0.05) is 42.5 Å². The monoisotopic (exact) mass is 596 g/mol. The first-order valence-corrected chi connectivity index (χ1v) is 15.8. The van der Waals surface area contributed by atoms with Crippen molar-refractivity contribution in [3.8, 4) is 0 Å². The summed E-state index contributed by atoms with van der Waals surface area (Å²) >= 11 is 1.12. The number of sulfonamides is 1. The Labute approximate surface area is 243 Å². The van der Waals surface area contributed by atoms with E-state index in [-0.39, 0.29) is 23.2 Å². The standard InChI is InChI=1S/C29H32N4O6S2/c34-27(23-7-3-14-33(19-23)41(38,39)26-8-4-16-40-26)31-25(28(35)36)17-20-9-11-24(12-10-20)30-29(37)32-15-13-21-5-1-2-6-22(21)18-32/h1-2,4-6,8-12,16,23,25H,3,7,13-15,17-19H2,(H,30,37)(H,31,34)(H,35,36)/t23?,25-/m0/s1. The first-order chi connectivity index (χ1) is 19.7. The molecule has 2 aromatic carbocycles. The minimum absolute atomic E-state index is 0.00933. The molecule has 0 saturated carbocycles. The van der Waals surface area contributed by atoms with Crippen LogP contribution in [0.4, 0.5) is 10.5 Å². The van der Waals surface area contributed by atoms with Gasteiger partial charge in [-0.15, -0.1) is 11.3 Å². The molecule has 2 aliphatic heterocycles. The Morgan fingerprint density at radius 3 is 2.46 bits per heavy atom. The van der Waals surface area contributed by atoms with Crippen LogP contribution in [0.15, 0.2) is 70.3 Å². The van der Waals surface area contributed by atoms with E-state index < -0.39 is 33.9 Å². The summed E-state index contributed by atoms with van der Waals surface area (Å²) in [5.41, 5.74) is 3.65. The van der Waals surface area contributed by atoms with E-state index in [9.17, 15) is 27.9 Å². The molecule has 10 nitrogen and oxygen atoms in total. The average Bonchev–Trinajstić information content (AvgIpc) is 3.54. The van der Waals surface area contributed by atoms with Crippen molar-refractivity contribution < 1.29 is 27.9 Å². The molecule has 2 atom stereocenters. The number of carbonyl (C=O) groups excluding carboxylic acids is 2. The van der Waals surface area contributed by atoms with Crippen LogP contribution in [0.25, 0.3) is 0 Å². The van der Waals surface area contributed by atoms with Crippen molar-refractivity contribution in [3.63, 3.8) is 0 Å². The van der Waals surface area contributed by atoms with E-state index in [2.05, 4.69) is 16.7 Å². The summed E-state index contributed by atoms with van der Waals surface area (Å²) in [4.78, 5) is 39.6. The van der Waals surface area contributed by atoms with Crippen molar-refractivity contribution in [3.05, 3.63) is 82.7 Å². The number of nitrogens with one attached hydrogen (secondary N) is 2. The molecule has 3 aromatic rings. The van der Waals surface area contributed by atoms with Crippen LogP contribution in [-0.2, 0) is 39.0 Å². The van der Waals surface area contributed by atoms with Gasteiger partial charge in [-0.05, 0) is 59.5 Å². The van der Waals surface area contributed by atoms with E-state index in [1.54, 1.807) is 40.6 Å². The highest BCUT2D eigenvalue weighted by molar-refractivity contribution is 7.91. The number of hydrogen-bond donors (Lipinski definition) is 3. The lowest BCUT2D eigenvalue weighted by atomic mass is 9.97. The fourth-order valence-corrected chi connectivity index (χ4v) is 7.90. The molecular weight excluding hydrogens is 564 g/mol. The zero-order valence-electron chi connectivity index (χ0n) is 22.4. The Morgan fingerprint density at radius 1 is 1.00 bits per heavy atom. The molecule has 3 amide bonds. The zero-order valence-corrected chi connectivity index (χ0v) is 24.0. The van der Waals surface area contributed by atoms with Gasteiger partial charge < -0.3 is 20.6 Å². The lowest BCUT2D eigenvalue weighted by molar-refractivity contribution is -0.142. The van der Waals surface area contributed by atoms with Crippen LogP contribution in [0.2, 0.25) is 0 Å². The highest BCUT2D eigenvalue weighted by Crippen LogP contribution is 2.27. The summed E-state index contributed by atoms with van der Waals surface area (Å²) in [7, 11) is -3.69. The number of aliphatic carboxylic acids is 1. The SMILES string of the molecule is O=C(N[C@@H](Cc1ccc(NC(=O)N2CCc3ccccc3C2)cc1)C(=O)O)C1CCCN(S(=O)(=O)c2cccs2)C1. The Morgan fingerprint density at radius 2 is 1.76 bits per heavy atom. The van der Waals surface area contributed by atoms with E-state index in [1.807, 2.05) is 18.2 Å². The van der Waals surface area contributed by atoms with Gasteiger partial charge in [0.15, 0.2) is 0 Å². The van der Waals surface area contributed by atoms with Gasteiger partial charge in [-0.3, -0.25) is 4.79 Å². The largest absolute Gasteiger partial charge is 0.480 e. The number of carboxylic acids is 1. The second kappa shape index (κ2) is 12.4.